The van der Waals surface area contributed by atoms with Gasteiger partial charge in [-0.3, -0.25) is 9.59 Å². The van der Waals surface area contributed by atoms with Gasteiger partial charge in [0.2, 0.25) is 5.91 Å². The van der Waals surface area contributed by atoms with Crippen molar-refractivity contribution in [1.82, 2.24) is 24.8 Å². The molecule has 0 saturated carbocycles. The van der Waals surface area contributed by atoms with Gasteiger partial charge in [0.25, 0.3) is 0 Å². The maximum Gasteiger partial charge on any atom is 0.305 e. The van der Waals surface area contributed by atoms with E-state index in [4.69, 9.17) is 16.3 Å². The molecule has 1 aliphatic heterocycles. The molecular formula is C24H28ClFN6O3. The van der Waals surface area contributed by atoms with Crippen molar-refractivity contribution in [2.45, 2.75) is 39.0 Å². The molecule has 1 unspecified atom stereocenters. The topological polar surface area (TPSA) is 113 Å². The number of halogens is 2. The minimum atomic E-state index is -0.549. The van der Waals surface area contributed by atoms with Crippen LogP contribution >= 0.6 is 11.6 Å². The lowest BCUT2D eigenvalue weighted by molar-refractivity contribution is -0.143. The van der Waals surface area contributed by atoms with Crippen LogP contribution in [0.15, 0.2) is 24.7 Å². The number of hydrogen-bond acceptors (Lipinski definition) is 7. The zero-order chi connectivity index (χ0) is 24.8. The van der Waals surface area contributed by atoms with Gasteiger partial charge in [-0.05, 0) is 38.2 Å². The number of aromatic nitrogens is 4. The quantitative estimate of drug-likeness (QED) is 0.421. The van der Waals surface area contributed by atoms with Gasteiger partial charge >= 0.3 is 5.97 Å². The number of hydrogen-bond donors (Lipinski definition) is 2. The second kappa shape index (κ2) is 11.4. The van der Waals surface area contributed by atoms with E-state index in [1.807, 2.05) is 4.90 Å². The lowest BCUT2D eigenvalue weighted by atomic mass is 9.97. The third-order valence-corrected chi connectivity index (χ3v) is 6.20. The zero-order valence-corrected chi connectivity index (χ0v) is 20.3. The lowest BCUT2D eigenvalue weighted by Crippen LogP contribution is -2.41. The summed E-state index contributed by atoms with van der Waals surface area (Å²) in [6, 6.07) is 1.76. The highest BCUT2D eigenvalue weighted by molar-refractivity contribution is 6.31. The molecule has 0 aliphatic carbocycles. The number of nitrogens with one attached hydrogen (secondary N) is 2. The number of esters is 1. The molecule has 9 nitrogen and oxygen atoms in total. The van der Waals surface area contributed by atoms with Crippen molar-refractivity contribution in [1.29, 1.82) is 0 Å². The second-order valence-electron chi connectivity index (χ2n) is 8.53. The maximum absolute atomic E-state index is 14.5. The molecule has 0 aromatic carbocycles. The standard InChI is InChI=1S/C24H28ClFN6O3/c1-2-35-21(34)7-3-6-20(33)32-8-4-5-15(14-32)10-27-24-19(26)13-30-23(31-24)18-12-29-22-17(18)9-16(25)11-28-22/h9,11-13,15H,2-8,10,14H2,1H3,(H,28,29)(H,27,30,31). The molecular weight excluding hydrogens is 475 g/mol. The van der Waals surface area contributed by atoms with E-state index in [-0.39, 0.29) is 30.0 Å². The normalized spacial score (nSPS) is 15.9. The van der Waals surface area contributed by atoms with E-state index >= 15 is 0 Å². The monoisotopic (exact) mass is 502 g/mol. The summed E-state index contributed by atoms with van der Waals surface area (Å²) in [6.07, 6.45) is 7.22. The van der Waals surface area contributed by atoms with Gasteiger partial charge < -0.3 is 19.9 Å². The van der Waals surface area contributed by atoms with Crippen molar-refractivity contribution in [3.05, 3.63) is 35.5 Å². The molecule has 4 rings (SSSR count). The fourth-order valence-electron chi connectivity index (χ4n) is 4.26. The molecule has 0 bridgehead atoms. The summed E-state index contributed by atoms with van der Waals surface area (Å²) in [6.45, 7) is 3.85. The summed E-state index contributed by atoms with van der Waals surface area (Å²) < 4.78 is 19.4. The molecule has 1 saturated heterocycles. The number of H-pyrrole nitrogens is 1. The molecule has 1 amide bonds. The number of anilines is 1. The molecule has 11 heteroatoms. The first-order valence-electron chi connectivity index (χ1n) is 11.8. The molecule has 4 heterocycles. The van der Waals surface area contributed by atoms with Gasteiger partial charge in [0.05, 0.1) is 17.8 Å². The molecule has 1 atom stereocenters. The molecule has 0 radical (unpaired) electrons. The van der Waals surface area contributed by atoms with Crippen LogP contribution in [-0.4, -0.2) is 63.0 Å². The molecule has 186 valence electrons. The summed E-state index contributed by atoms with van der Waals surface area (Å²) >= 11 is 6.08. The van der Waals surface area contributed by atoms with E-state index in [1.54, 1.807) is 25.4 Å². The number of carbonyl (C=O) groups is 2. The highest BCUT2D eigenvalue weighted by Crippen LogP contribution is 2.28. The Morgan fingerprint density at radius 3 is 3.00 bits per heavy atom. The zero-order valence-electron chi connectivity index (χ0n) is 19.5. The largest absolute Gasteiger partial charge is 0.466 e. The molecule has 0 spiro atoms. The van der Waals surface area contributed by atoms with Crippen LogP contribution in [0.4, 0.5) is 10.2 Å². The van der Waals surface area contributed by atoms with Crippen LogP contribution in [0.25, 0.3) is 22.4 Å². The first kappa shape index (κ1) is 24.8. The Morgan fingerprint density at radius 2 is 2.17 bits per heavy atom. The lowest BCUT2D eigenvalue weighted by Gasteiger charge is -2.33. The van der Waals surface area contributed by atoms with Crippen LogP contribution in [0.5, 0.6) is 0 Å². The number of rotatable bonds is 9. The van der Waals surface area contributed by atoms with Gasteiger partial charge in [0.15, 0.2) is 17.5 Å². The number of carbonyl (C=O) groups excluding carboxylic acids is 2. The van der Waals surface area contributed by atoms with Crippen LogP contribution in [0.3, 0.4) is 0 Å². The fourth-order valence-corrected chi connectivity index (χ4v) is 4.42. The van der Waals surface area contributed by atoms with E-state index in [9.17, 15) is 14.0 Å². The highest BCUT2D eigenvalue weighted by Gasteiger charge is 2.24. The Balaban J connectivity index is 1.35. The number of piperidine rings is 1. The number of ether oxygens (including phenoxy) is 1. The summed E-state index contributed by atoms with van der Waals surface area (Å²) in [4.78, 5) is 41.7. The predicted molar refractivity (Wildman–Crippen MR) is 130 cm³/mol. The van der Waals surface area contributed by atoms with E-state index in [0.29, 0.717) is 61.1 Å². The SMILES string of the molecule is CCOC(=O)CCCC(=O)N1CCCC(CNc2nc(-c3c[nH]c4ncc(Cl)cc34)ncc2F)C1. The van der Waals surface area contributed by atoms with E-state index < -0.39 is 5.82 Å². The van der Waals surface area contributed by atoms with Crippen molar-refractivity contribution in [2.24, 2.45) is 5.92 Å². The van der Waals surface area contributed by atoms with Crippen molar-refractivity contribution in [3.8, 4) is 11.4 Å². The average molecular weight is 503 g/mol. The summed E-state index contributed by atoms with van der Waals surface area (Å²) in [5.74, 6) is -0.178. The van der Waals surface area contributed by atoms with Gasteiger partial charge in [-0.1, -0.05) is 11.6 Å². The number of fused-ring (bicyclic) bond motifs is 1. The van der Waals surface area contributed by atoms with Gasteiger partial charge in [0.1, 0.15) is 5.65 Å². The Morgan fingerprint density at radius 1 is 1.31 bits per heavy atom. The average Bonchev–Trinajstić information content (AvgIpc) is 3.27. The molecule has 35 heavy (non-hydrogen) atoms. The van der Waals surface area contributed by atoms with E-state index in [2.05, 4.69) is 25.3 Å². The first-order valence-corrected chi connectivity index (χ1v) is 12.1. The summed E-state index contributed by atoms with van der Waals surface area (Å²) in [7, 11) is 0. The van der Waals surface area contributed by atoms with Crippen molar-refractivity contribution in [2.75, 3.05) is 31.6 Å². The number of aromatic amines is 1. The van der Waals surface area contributed by atoms with Crippen LogP contribution in [0.2, 0.25) is 5.02 Å². The fraction of sp³-hybridized carbons (Fsp3) is 0.458. The van der Waals surface area contributed by atoms with Gasteiger partial charge in [-0.2, -0.15) is 0 Å². The molecule has 2 N–H and O–H groups in total. The number of amides is 1. The Hall–Kier alpha value is -3.27. The van der Waals surface area contributed by atoms with Gasteiger partial charge in [-0.25, -0.2) is 19.3 Å². The second-order valence-corrected chi connectivity index (χ2v) is 8.97. The Labute approximate surface area is 207 Å². The van der Waals surface area contributed by atoms with Crippen LogP contribution in [0.1, 0.15) is 39.0 Å². The summed E-state index contributed by atoms with van der Waals surface area (Å²) in [5.41, 5.74) is 1.32. The minimum Gasteiger partial charge on any atom is -0.466 e. The van der Waals surface area contributed by atoms with Gasteiger partial charge in [-0.15, -0.1) is 0 Å². The van der Waals surface area contributed by atoms with Crippen molar-refractivity contribution in [3.63, 3.8) is 0 Å². The Bertz CT molecular complexity index is 1200. The van der Waals surface area contributed by atoms with Crippen LogP contribution in [0, 0.1) is 11.7 Å². The van der Waals surface area contributed by atoms with E-state index in [1.165, 1.54) is 0 Å². The molecule has 1 aliphatic rings. The molecule has 1 fully saturated rings. The number of nitrogens with zero attached hydrogens (tertiary/aromatic N) is 4. The predicted octanol–water partition coefficient (Wildman–Crippen LogP) is 4.20. The van der Waals surface area contributed by atoms with Crippen molar-refractivity contribution >= 4 is 40.3 Å². The third kappa shape index (κ3) is 6.25. The number of likely N-dealkylation sites (tertiary alicyclic amines) is 1. The van der Waals surface area contributed by atoms with Crippen LogP contribution in [-0.2, 0) is 14.3 Å². The molecule has 3 aromatic heterocycles. The molecule has 3 aromatic rings. The van der Waals surface area contributed by atoms with Crippen LogP contribution < -0.4 is 5.32 Å². The first-order chi connectivity index (χ1) is 16.9. The Kier molecular flexibility index (Phi) is 8.12. The van der Waals surface area contributed by atoms with E-state index in [0.717, 1.165) is 24.4 Å². The highest BCUT2D eigenvalue weighted by atomic mass is 35.5. The summed E-state index contributed by atoms with van der Waals surface area (Å²) in [5, 5.41) is 4.33. The van der Waals surface area contributed by atoms with Crippen molar-refractivity contribution < 1.29 is 18.7 Å². The minimum absolute atomic E-state index is 0.0288. The van der Waals surface area contributed by atoms with Gasteiger partial charge in [0, 0.05) is 55.8 Å². The number of pyridine rings is 1. The smallest absolute Gasteiger partial charge is 0.305 e. The maximum atomic E-state index is 14.5. The third-order valence-electron chi connectivity index (χ3n) is 5.99.